The number of hydrogen-bond donors (Lipinski definition) is 1. The Bertz CT molecular complexity index is 1400. The average molecular weight is 911 g/mol. The van der Waals surface area contributed by atoms with Crippen molar-refractivity contribution in [1.82, 2.24) is 0 Å². The molecule has 0 aromatic heterocycles. The van der Waals surface area contributed by atoms with Crippen LogP contribution in [0.3, 0.4) is 0 Å². The maximum absolute atomic E-state index is 12.3. The monoisotopic (exact) mass is 911 g/mol. The van der Waals surface area contributed by atoms with Crippen molar-refractivity contribution in [3.05, 3.63) is 134 Å². The van der Waals surface area contributed by atoms with Gasteiger partial charge in [0.15, 0.2) is 6.10 Å². The molecule has 0 saturated heterocycles. The lowest BCUT2D eigenvalue weighted by molar-refractivity contribution is -0.161. The number of unbranched alkanes of at least 4 members (excludes halogenated alkanes) is 17. The van der Waals surface area contributed by atoms with E-state index in [1.165, 1.54) is 77.0 Å². The molecule has 0 fully saturated rings. The molecule has 0 radical (unpaired) electrons. The second-order valence-corrected chi connectivity index (χ2v) is 17.2. The van der Waals surface area contributed by atoms with E-state index in [0.717, 1.165) is 116 Å². The van der Waals surface area contributed by atoms with E-state index in [0.29, 0.717) is 12.8 Å². The molecule has 1 unspecified atom stereocenters. The topological polar surface area (TPSA) is 72.8 Å². The van der Waals surface area contributed by atoms with Crippen LogP contribution in [0.2, 0.25) is 0 Å². The van der Waals surface area contributed by atoms with Gasteiger partial charge >= 0.3 is 11.9 Å². The van der Waals surface area contributed by atoms with Crippen LogP contribution in [0.1, 0.15) is 219 Å². The maximum atomic E-state index is 12.3. The standard InChI is InChI=1S/C61H98O5/c1-3-5-7-9-11-13-15-17-19-21-23-24-25-26-27-28-29-30-31-32-33-34-35-36-38-40-42-44-46-48-50-52-54-56-61(64)66-59(57-62)58-65-60(63)55-53-51-49-47-45-43-41-39-37-22-20-18-16-14-12-10-8-6-4-2/h5,7,11-14,17-20,23-24,26-27,29-30,32-33,35-37,39,59,62H,3-4,6,8-10,15-16,21-22,25,28,31,34,38,40-58H2,1-2H3/b7-5-,13-11-,14-12-,19-17-,20-18-,24-23-,27-26-,30-29-,33-32-,36-35-,39-37-. The summed E-state index contributed by atoms with van der Waals surface area (Å²) in [5.74, 6) is -0.623. The smallest absolute Gasteiger partial charge is 0.306 e. The van der Waals surface area contributed by atoms with Gasteiger partial charge in [0, 0.05) is 12.8 Å². The van der Waals surface area contributed by atoms with Crippen LogP contribution in [-0.2, 0) is 19.1 Å². The lowest BCUT2D eigenvalue weighted by Gasteiger charge is -2.15. The highest BCUT2D eigenvalue weighted by Gasteiger charge is 2.16. The van der Waals surface area contributed by atoms with Crippen LogP contribution < -0.4 is 0 Å². The zero-order chi connectivity index (χ0) is 47.7. The summed E-state index contributed by atoms with van der Waals surface area (Å²) in [5, 5.41) is 9.63. The van der Waals surface area contributed by atoms with Gasteiger partial charge in [0.2, 0.25) is 0 Å². The fourth-order valence-corrected chi connectivity index (χ4v) is 6.93. The highest BCUT2D eigenvalue weighted by atomic mass is 16.6. The van der Waals surface area contributed by atoms with E-state index in [-0.39, 0.29) is 25.2 Å². The van der Waals surface area contributed by atoms with Crippen LogP contribution in [0.25, 0.3) is 0 Å². The summed E-state index contributed by atoms with van der Waals surface area (Å²) >= 11 is 0. The van der Waals surface area contributed by atoms with Gasteiger partial charge in [-0.3, -0.25) is 9.59 Å². The molecular formula is C61H98O5. The van der Waals surface area contributed by atoms with Crippen LogP contribution in [0, 0.1) is 0 Å². The zero-order valence-corrected chi connectivity index (χ0v) is 42.4. The molecule has 0 aliphatic rings. The van der Waals surface area contributed by atoms with Crippen molar-refractivity contribution in [3.8, 4) is 0 Å². The number of aliphatic hydroxyl groups excluding tert-OH is 1. The molecule has 5 heteroatoms. The SMILES string of the molecule is CC/C=C\C/C=C\C/C=C\C/C=C\C/C=C\C/C=C\C/C=C\C/C=C\CCCCCCCCCCC(=O)OC(CO)COC(=O)CCCCCCCC/C=C\C/C=C\C/C=C\CCCCC. The van der Waals surface area contributed by atoms with Crippen LogP contribution in [0.4, 0.5) is 0 Å². The number of ether oxygens (including phenoxy) is 2. The first-order valence-electron chi connectivity index (χ1n) is 26.7. The van der Waals surface area contributed by atoms with Crippen molar-refractivity contribution in [3.63, 3.8) is 0 Å². The average Bonchev–Trinajstić information content (AvgIpc) is 3.32. The molecule has 0 bridgehead atoms. The van der Waals surface area contributed by atoms with Gasteiger partial charge in [0.05, 0.1) is 6.61 Å². The summed E-state index contributed by atoms with van der Waals surface area (Å²) in [6.07, 6.45) is 82.5. The Morgan fingerprint density at radius 1 is 0.364 bits per heavy atom. The Kier molecular flexibility index (Phi) is 52.0. The van der Waals surface area contributed by atoms with Crippen molar-refractivity contribution in [2.24, 2.45) is 0 Å². The lowest BCUT2D eigenvalue weighted by Crippen LogP contribution is -2.28. The molecule has 0 aliphatic heterocycles. The zero-order valence-electron chi connectivity index (χ0n) is 42.4. The van der Waals surface area contributed by atoms with Crippen LogP contribution in [-0.4, -0.2) is 36.4 Å². The Balaban J connectivity index is 3.62. The van der Waals surface area contributed by atoms with E-state index in [1.54, 1.807) is 0 Å². The minimum absolute atomic E-state index is 0.0842. The first-order valence-corrected chi connectivity index (χ1v) is 26.7. The largest absolute Gasteiger partial charge is 0.462 e. The molecular weight excluding hydrogens is 813 g/mol. The number of aliphatic hydroxyl groups is 1. The number of rotatable bonds is 47. The minimum Gasteiger partial charge on any atom is -0.462 e. The van der Waals surface area contributed by atoms with Crippen molar-refractivity contribution in [2.75, 3.05) is 13.2 Å². The first-order chi connectivity index (χ1) is 32.6. The molecule has 5 nitrogen and oxygen atoms in total. The quantitative estimate of drug-likeness (QED) is 0.0374. The van der Waals surface area contributed by atoms with Crippen molar-refractivity contribution in [1.29, 1.82) is 0 Å². The Labute approximate surface area is 406 Å². The third kappa shape index (κ3) is 52.7. The summed E-state index contributed by atoms with van der Waals surface area (Å²) in [7, 11) is 0. The predicted octanol–water partition coefficient (Wildman–Crippen LogP) is 18.1. The molecule has 372 valence electrons. The van der Waals surface area contributed by atoms with E-state index in [4.69, 9.17) is 9.47 Å². The highest BCUT2D eigenvalue weighted by molar-refractivity contribution is 5.70. The van der Waals surface area contributed by atoms with Crippen molar-refractivity contribution in [2.45, 2.75) is 225 Å². The molecule has 0 amide bonds. The Morgan fingerprint density at radius 3 is 0.985 bits per heavy atom. The fraction of sp³-hybridized carbons (Fsp3) is 0.607. The van der Waals surface area contributed by atoms with E-state index >= 15 is 0 Å². The fourth-order valence-electron chi connectivity index (χ4n) is 6.93. The molecule has 0 aliphatic carbocycles. The Morgan fingerprint density at radius 2 is 0.652 bits per heavy atom. The summed E-state index contributed by atoms with van der Waals surface area (Å²) in [6, 6.07) is 0. The van der Waals surface area contributed by atoms with Gasteiger partial charge in [-0.25, -0.2) is 0 Å². The van der Waals surface area contributed by atoms with E-state index in [9.17, 15) is 14.7 Å². The number of hydrogen-bond acceptors (Lipinski definition) is 5. The summed E-state index contributed by atoms with van der Waals surface area (Å²) in [6.45, 7) is 3.97. The number of carbonyl (C=O) groups is 2. The molecule has 0 rings (SSSR count). The third-order valence-electron chi connectivity index (χ3n) is 10.9. The molecule has 0 aromatic rings. The normalized spacial score (nSPS) is 13.3. The third-order valence-corrected chi connectivity index (χ3v) is 10.9. The van der Waals surface area contributed by atoms with Gasteiger partial charge in [-0.2, -0.15) is 0 Å². The van der Waals surface area contributed by atoms with Crippen LogP contribution in [0.15, 0.2) is 134 Å². The predicted molar refractivity (Wildman–Crippen MR) is 288 cm³/mol. The molecule has 66 heavy (non-hydrogen) atoms. The summed E-state index contributed by atoms with van der Waals surface area (Å²) in [5.41, 5.74) is 0. The molecule has 0 saturated carbocycles. The lowest BCUT2D eigenvalue weighted by atomic mass is 10.1. The summed E-state index contributed by atoms with van der Waals surface area (Å²) in [4.78, 5) is 24.5. The highest BCUT2D eigenvalue weighted by Crippen LogP contribution is 2.13. The van der Waals surface area contributed by atoms with Crippen LogP contribution in [0.5, 0.6) is 0 Å². The van der Waals surface area contributed by atoms with Crippen molar-refractivity contribution >= 4 is 11.9 Å². The molecule has 1 atom stereocenters. The summed E-state index contributed by atoms with van der Waals surface area (Å²) < 4.78 is 10.7. The maximum Gasteiger partial charge on any atom is 0.306 e. The van der Waals surface area contributed by atoms with Gasteiger partial charge in [0.25, 0.3) is 0 Å². The second-order valence-electron chi connectivity index (χ2n) is 17.2. The van der Waals surface area contributed by atoms with Crippen molar-refractivity contribution < 1.29 is 24.2 Å². The van der Waals surface area contributed by atoms with E-state index in [2.05, 4.69) is 148 Å². The van der Waals surface area contributed by atoms with Gasteiger partial charge in [-0.15, -0.1) is 0 Å². The molecule has 0 spiro atoms. The first kappa shape index (κ1) is 62.0. The second kappa shape index (κ2) is 55.4. The number of esters is 2. The number of allylic oxidation sites excluding steroid dienone is 22. The van der Waals surface area contributed by atoms with Gasteiger partial charge in [-0.1, -0.05) is 225 Å². The Hall–Kier alpha value is -3.96. The minimum atomic E-state index is -0.792. The number of carbonyl (C=O) groups excluding carboxylic acids is 2. The van der Waals surface area contributed by atoms with E-state index in [1.807, 2.05) is 0 Å². The molecule has 0 heterocycles. The van der Waals surface area contributed by atoms with Gasteiger partial charge in [0.1, 0.15) is 6.61 Å². The van der Waals surface area contributed by atoms with E-state index < -0.39 is 6.10 Å². The van der Waals surface area contributed by atoms with Gasteiger partial charge < -0.3 is 14.6 Å². The van der Waals surface area contributed by atoms with Gasteiger partial charge in [-0.05, 0) is 116 Å². The molecule has 1 N–H and O–H groups in total. The van der Waals surface area contributed by atoms with Crippen LogP contribution >= 0.6 is 0 Å². The molecule has 0 aromatic carbocycles.